The van der Waals surface area contributed by atoms with E-state index in [2.05, 4.69) is 5.32 Å². The van der Waals surface area contributed by atoms with Gasteiger partial charge in [-0.3, -0.25) is 4.79 Å². The minimum atomic E-state index is -0.519. The van der Waals surface area contributed by atoms with Crippen LogP contribution in [-0.4, -0.2) is 24.2 Å². The molecule has 1 aromatic heterocycles. The molecule has 0 aliphatic rings. The van der Waals surface area contributed by atoms with Crippen LogP contribution in [0.1, 0.15) is 57.6 Å². The molecular weight excluding hydrogens is 374 g/mol. The second-order valence-electron chi connectivity index (χ2n) is 8.10. The molecule has 1 aromatic carbocycles. The van der Waals surface area contributed by atoms with Crippen LogP contribution in [0.4, 0.5) is 4.79 Å². The quantitative estimate of drug-likeness (QED) is 0.319. The van der Waals surface area contributed by atoms with Gasteiger partial charge in [-0.1, -0.05) is 6.42 Å². The minimum absolute atomic E-state index is 0.262. The molecule has 0 radical (unpaired) electrons. The van der Waals surface area contributed by atoms with Crippen molar-refractivity contribution in [1.29, 1.82) is 0 Å². The van der Waals surface area contributed by atoms with Crippen molar-refractivity contribution < 1.29 is 23.5 Å². The summed E-state index contributed by atoms with van der Waals surface area (Å²) in [7, 11) is 0. The van der Waals surface area contributed by atoms with E-state index in [-0.39, 0.29) is 12.4 Å². The summed E-state index contributed by atoms with van der Waals surface area (Å²) in [6.45, 7) is 9.55. The number of carbonyl (C=O) groups excluding carboxylic acids is 2. The van der Waals surface area contributed by atoms with Crippen molar-refractivity contribution in [3.05, 3.63) is 39.7 Å². The molecule has 2 rings (SSSR count). The average molecular weight is 403 g/mol. The summed E-state index contributed by atoms with van der Waals surface area (Å²) in [5.74, 6) is 0.0560. The lowest BCUT2D eigenvalue weighted by molar-refractivity contribution is -0.134. The van der Waals surface area contributed by atoms with E-state index in [1.807, 2.05) is 27.7 Å². The summed E-state index contributed by atoms with van der Waals surface area (Å²) >= 11 is 0. The van der Waals surface area contributed by atoms with Gasteiger partial charge in [0.15, 0.2) is 0 Å². The molecule has 7 nitrogen and oxygen atoms in total. The molecule has 0 spiro atoms. The fourth-order valence-corrected chi connectivity index (χ4v) is 2.91. The summed E-state index contributed by atoms with van der Waals surface area (Å²) in [5, 5.41) is 3.32. The summed E-state index contributed by atoms with van der Waals surface area (Å²) < 4.78 is 15.9. The lowest BCUT2D eigenvalue weighted by Gasteiger charge is -2.19. The number of benzene rings is 1. The molecule has 158 valence electrons. The molecule has 0 unspecified atom stereocenters. The highest BCUT2D eigenvalue weighted by atomic mass is 16.6. The lowest BCUT2D eigenvalue weighted by Crippen LogP contribution is -2.33. The van der Waals surface area contributed by atoms with Gasteiger partial charge in [-0.2, -0.15) is 0 Å². The van der Waals surface area contributed by atoms with Crippen LogP contribution in [0.15, 0.2) is 27.4 Å². The van der Waals surface area contributed by atoms with Crippen LogP contribution in [0.5, 0.6) is 5.75 Å². The summed E-state index contributed by atoms with van der Waals surface area (Å²) in [6.07, 6.45) is 1.98. The van der Waals surface area contributed by atoms with Gasteiger partial charge in [0.1, 0.15) is 16.9 Å². The molecule has 0 fully saturated rings. The highest BCUT2D eigenvalue weighted by Crippen LogP contribution is 2.29. The average Bonchev–Trinajstić information content (AvgIpc) is 2.55. The number of rotatable bonds is 7. The molecule has 2 aromatic rings. The van der Waals surface area contributed by atoms with E-state index in [1.54, 1.807) is 19.1 Å². The zero-order valence-electron chi connectivity index (χ0n) is 17.7. The Balaban J connectivity index is 1.82. The Labute approximate surface area is 170 Å². The van der Waals surface area contributed by atoms with E-state index in [0.717, 1.165) is 18.4 Å². The number of hydrogen-bond acceptors (Lipinski definition) is 6. The standard InChI is InChI=1S/C22H29NO6/c1-14-11-16(20-15(2)13-19(25)28-17(20)12-14)27-18(24)9-7-6-8-10-23-21(26)29-22(3,4)5/h11-13H,6-10H2,1-5H3,(H,23,26). The molecule has 1 amide bonds. The highest BCUT2D eigenvalue weighted by molar-refractivity contribution is 5.89. The molecule has 0 aliphatic heterocycles. The first-order chi connectivity index (χ1) is 13.5. The molecule has 0 atom stereocenters. The molecule has 0 saturated heterocycles. The number of aryl methyl sites for hydroxylation is 2. The Bertz CT molecular complexity index is 939. The maximum absolute atomic E-state index is 12.2. The number of nitrogens with one attached hydrogen (secondary N) is 1. The molecule has 1 N–H and O–H groups in total. The van der Waals surface area contributed by atoms with Crippen LogP contribution in [0, 0.1) is 13.8 Å². The van der Waals surface area contributed by atoms with Crippen LogP contribution in [0.2, 0.25) is 0 Å². The Morgan fingerprint density at radius 2 is 1.79 bits per heavy atom. The van der Waals surface area contributed by atoms with Gasteiger partial charge in [0.05, 0.1) is 5.39 Å². The fraction of sp³-hybridized carbons (Fsp3) is 0.500. The molecule has 0 bridgehead atoms. The maximum atomic E-state index is 12.2. The molecule has 0 aliphatic carbocycles. The number of ether oxygens (including phenoxy) is 2. The number of fused-ring (bicyclic) bond motifs is 1. The van der Waals surface area contributed by atoms with Crippen molar-refractivity contribution in [3.8, 4) is 5.75 Å². The summed E-state index contributed by atoms with van der Waals surface area (Å²) in [6, 6.07) is 4.89. The van der Waals surface area contributed by atoms with Gasteiger partial charge in [0.2, 0.25) is 0 Å². The van der Waals surface area contributed by atoms with Gasteiger partial charge in [-0.25, -0.2) is 9.59 Å². The number of amides is 1. The van der Waals surface area contributed by atoms with Crippen molar-refractivity contribution in [2.45, 2.75) is 65.9 Å². The maximum Gasteiger partial charge on any atom is 0.407 e. The molecule has 29 heavy (non-hydrogen) atoms. The van der Waals surface area contributed by atoms with Gasteiger partial charge < -0.3 is 19.2 Å². The van der Waals surface area contributed by atoms with Gasteiger partial charge in [0.25, 0.3) is 0 Å². The fourth-order valence-electron chi connectivity index (χ4n) is 2.91. The molecule has 1 heterocycles. The largest absolute Gasteiger partial charge is 0.444 e. The smallest absolute Gasteiger partial charge is 0.407 e. The first-order valence-electron chi connectivity index (χ1n) is 9.78. The zero-order chi connectivity index (χ0) is 21.6. The third-order valence-electron chi connectivity index (χ3n) is 4.10. The SMILES string of the molecule is Cc1cc(OC(=O)CCCCCNC(=O)OC(C)(C)C)c2c(C)cc(=O)oc2c1. The van der Waals surface area contributed by atoms with E-state index < -0.39 is 17.3 Å². The van der Waals surface area contributed by atoms with E-state index in [0.29, 0.717) is 35.2 Å². The van der Waals surface area contributed by atoms with E-state index in [9.17, 15) is 14.4 Å². The third-order valence-corrected chi connectivity index (χ3v) is 4.10. The Hall–Kier alpha value is -2.83. The topological polar surface area (TPSA) is 94.8 Å². The van der Waals surface area contributed by atoms with Crippen LogP contribution in [-0.2, 0) is 9.53 Å². The van der Waals surface area contributed by atoms with Gasteiger partial charge in [0, 0.05) is 19.0 Å². The van der Waals surface area contributed by atoms with Gasteiger partial charge in [-0.05, 0) is 70.7 Å². The summed E-state index contributed by atoms with van der Waals surface area (Å²) in [5.41, 5.74) is 0.993. The number of carbonyl (C=O) groups is 2. The monoisotopic (exact) mass is 403 g/mol. The zero-order valence-corrected chi connectivity index (χ0v) is 17.7. The predicted molar refractivity (Wildman–Crippen MR) is 110 cm³/mol. The highest BCUT2D eigenvalue weighted by Gasteiger charge is 2.16. The molecule has 7 heteroatoms. The normalized spacial score (nSPS) is 11.3. The second kappa shape index (κ2) is 9.58. The second-order valence-corrected chi connectivity index (χ2v) is 8.10. The van der Waals surface area contributed by atoms with Gasteiger partial charge >= 0.3 is 17.7 Å². The number of alkyl carbamates (subject to hydrolysis) is 1. The van der Waals surface area contributed by atoms with Crippen LogP contribution < -0.4 is 15.7 Å². The Kier molecular flexibility index (Phi) is 7.42. The molecular formula is C22H29NO6. The minimum Gasteiger partial charge on any atom is -0.444 e. The van der Waals surface area contributed by atoms with Gasteiger partial charge in [-0.15, -0.1) is 0 Å². The molecule has 0 saturated carbocycles. The van der Waals surface area contributed by atoms with Crippen LogP contribution >= 0.6 is 0 Å². The number of hydrogen-bond donors (Lipinski definition) is 1. The van der Waals surface area contributed by atoms with Crippen molar-refractivity contribution >= 4 is 23.0 Å². The third kappa shape index (κ3) is 7.25. The Morgan fingerprint density at radius 1 is 1.07 bits per heavy atom. The van der Waals surface area contributed by atoms with E-state index >= 15 is 0 Å². The van der Waals surface area contributed by atoms with Crippen molar-refractivity contribution in [2.75, 3.05) is 6.54 Å². The first-order valence-corrected chi connectivity index (χ1v) is 9.78. The first kappa shape index (κ1) is 22.5. The van der Waals surface area contributed by atoms with Crippen molar-refractivity contribution in [3.63, 3.8) is 0 Å². The van der Waals surface area contributed by atoms with E-state index in [1.165, 1.54) is 6.07 Å². The van der Waals surface area contributed by atoms with Crippen molar-refractivity contribution in [2.24, 2.45) is 0 Å². The number of unbranched alkanes of at least 4 members (excludes halogenated alkanes) is 2. The van der Waals surface area contributed by atoms with Crippen LogP contribution in [0.25, 0.3) is 11.0 Å². The Morgan fingerprint density at radius 3 is 2.48 bits per heavy atom. The van der Waals surface area contributed by atoms with Crippen LogP contribution in [0.3, 0.4) is 0 Å². The predicted octanol–water partition coefficient (Wildman–Crippen LogP) is 4.40. The van der Waals surface area contributed by atoms with E-state index in [4.69, 9.17) is 13.9 Å². The van der Waals surface area contributed by atoms with Crippen molar-refractivity contribution in [1.82, 2.24) is 5.32 Å². The summed E-state index contributed by atoms with van der Waals surface area (Å²) in [4.78, 5) is 35.4. The lowest BCUT2D eigenvalue weighted by atomic mass is 10.1. The number of esters is 1.